The molecular formula is C7H13NO. The Hall–Kier alpha value is -0.0800. The number of ether oxygens (including phenoxy) is 1. The molecule has 52 valence electrons. The van der Waals surface area contributed by atoms with Crippen LogP contribution in [0.2, 0.25) is 0 Å². The van der Waals surface area contributed by atoms with Gasteiger partial charge < -0.3 is 10.5 Å². The molecule has 2 atom stereocenters. The summed E-state index contributed by atoms with van der Waals surface area (Å²) in [6.07, 6.45) is 3.72. The van der Waals surface area contributed by atoms with Crippen LogP contribution in [0.25, 0.3) is 0 Å². The molecule has 1 spiro atoms. The third-order valence-electron chi connectivity index (χ3n) is 2.61. The third-order valence-corrected chi connectivity index (χ3v) is 2.61. The van der Waals surface area contributed by atoms with Crippen LogP contribution in [0.4, 0.5) is 0 Å². The van der Waals surface area contributed by atoms with Gasteiger partial charge in [-0.05, 0) is 19.3 Å². The number of nitrogens with two attached hydrogens (primary N) is 1. The molecule has 2 nitrogen and oxygen atoms in total. The third kappa shape index (κ3) is 0.775. The van der Waals surface area contributed by atoms with Crippen molar-refractivity contribution >= 4 is 0 Å². The SMILES string of the molecule is N[C@H]1C[C@]12CCCOC2. The van der Waals surface area contributed by atoms with Crippen molar-refractivity contribution < 1.29 is 4.74 Å². The lowest BCUT2D eigenvalue weighted by atomic mass is 9.99. The molecule has 9 heavy (non-hydrogen) atoms. The Morgan fingerprint density at radius 3 is 2.67 bits per heavy atom. The van der Waals surface area contributed by atoms with Crippen molar-refractivity contribution in [3.05, 3.63) is 0 Å². The maximum absolute atomic E-state index is 5.75. The smallest absolute Gasteiger partial charge is 0.0537 e. The fourth-order valence-electron chi connectivity index (χ4n) is 1.71. The van der Waals surface area contributed by atoms with Gasteiger partial charge in [0.1, 0.15) is 0 Å². The number of hydrogen-bond donors (Lipinski definition) is 1. The Labute approximate surface area is 55.4 Å². The van der Waals surface area contributed by atoms with Gasteiger partial charge in [0.15, 0.2) is 0 Å². The summed E-state index contributed by atoms with van der Waals surface area (Å²) in [5.41, 5.74) is 6.19. The average molecular weight is 127 g/mol. The van der Waals surface area contributed by atoms with Gasteiger partial charge in [-0.2, -0.15) is 0 Å². The molecule has 0 aromatic heterocycles. The van der Waals surface area contributed by atoms with Crippen LogP contribution < -0.4 is 5.73 Å². The van der Waals surface area contributed by atoms with Crippen molar-refractivity contribution in [2.24, 2.45) is 11.1 Å². The zero-order valence-corrected chi connectivity index (χ0v) is 5.60. The molecule has 1 heterocycles. The number of hydrogen-bond acceptors (Lipinski definition) is 2. The minimum atomic E-state index is 0.443. The molecule has 2 N–H and O–H groups in total. The van der Waals surface area contributed by atoms with E-state index in [-0.39, 0.29) is 0 Å². The second-order valence-corrected chi connectivity index (χ2v) is 3.33. The van der Waals surface area contributed by atoms with E-state index in [1.807, 2.05) is 0 Å². The molecule has 2 heteroatoms. The summed E-state index contributed by atoms with van der Waals surface area (Å²) in [5, 5.41) is 0. The first-order valence-electron chi connectivity index (χ1n) is 3.67. The molecule has 0 amide bonds. The minimum Gasteiger partial charge on any atom is -0.381 e. The van der Waals surface area contributed by atoms with E-state index in [4.69, 9.17) is 10.5 Å². The maximum atomic E-state index is 5.75. The van der Waals surface area contributed by atoms with E-state index in [1.165, 1.54) is 19.3 Å². The molecule has 0 radical (unpaired) electrons. The van der Waals surface area contributed by atoms with Gasteiger partial charge in [0.2, 0.25) is 0 Å². The average Bonchev–Trinajstić information content (AvgIpc) is 2.44. The molecule has 1 saturated carbocycles. The molecule has 1 aliphatic heterocycles. The molecule has 1 saturated heterocycles. The van der Waals surface area contributed by atoms with Crippen molar-refractivity contribution in [2.75, 3.05) is 13.2 Å². The van der Waals surface area contributed by atoms with Crippen LogP contribution in [0.15, 0.2) is 0 Å². The Morgan fingerprint density at radius 1 is 1.56 bits per heavy atom. The molecule has 0 aromatic rings. The van der Waals surface area contributed by atoms with E-state index in [2.05, 4.69) is 0 Å². The summed E-state index contributed by atoms with van der Waals surface area (Å²) in [6.45, 7) is 1.88. The minimum absolute atomic E-state index is 0.443. The predicted octanol–water partition coefficient (Wildman–Crippen LogP) is 0.514. The second kappa shape index (κ2) is 1.70. The normalized spacial score (nSPS) is 49.7. The molecule has 2 fully saturated rings. The van der Waals surface area contributed by atoms with Gasteiger partial charge >= 0.3 is 0 Å². The van der Waals surface area contributed by atoms with Gasteiger partial charge in [0.05, 0.1) is 6.61 Å². The highest BCUT2D eigenvalue weighted by Crippen LogP contribution is 2.50. The van der Waals surface area contributed by atoms with E-state index >= 15 is 0 Å². The lowest BCUT2D eigenvalue weighted by molar-refractivity contribution is 0.0412. The topological polar surface area (TPSA) is 35.2 Å². The summed E-state index contributed by atoms with van der Waals surface area (Å²) >= 11 is 0. The zero-order valence-electron chi connectivity index (χ0n) is 5.60. The lowest BCUT2D eigenvalue weighted by Gasteiger charge is -2.21. The van der Waals surface area contributed by atoms with E-state index in [0.717, 1.165) is 13.2 Å². The van der Waals surface area contributed by atoms with Crippen LogP contribution in [0.5, 0.6) is 0 Å². The lowest BCUT2D eigenvalue weighted by Crippen LogP contribution is -2.24. The van der Waals surface area contributed by atoms with Crippen LogP contribution in [0, 0.1) is 5.41 Å². The van der Waals surface area contributed by atoms with Gasteiger partial charge in [-0.3, -0.25) is 0 Å². The van der Waals surface area contributed by atoms with Crippen molar-refractivity contribution in [1.29, 1.82) is 0 Å². The first-order chi connectivity index (χ1) is 4.33. The van der Waals surface area contributed by atoms with Gasteiger partial charge in [-0.25, -0.2) is 0 Å². The van der Waals surface area contributed by atoms with E-state index in [1.54, 1.807) is 0 Å². The highest BCUT2D eigenvalue weighted by molar-refractivity contribution is 5.06. The second-order valence-electron chi connectivity index (χ2n) is 3.33. The molecule has 0 bridgehead atoms. The Kier molecular flexibility index (Phi) is 1.08. The fraction of sp³-hybridized carbons (Fsp3) is 1.00. The molecule has 2 rings (SSSR count). The van der Waals surface area contributed by atoms with Crippen LogP contribution in [-0.2, 0) is 4.74 Å². The Morgan fingerprint density at radius 2 is 2.33 bits per heavy atom. The standard InChI is InChI=1S/C7H13NO/c8-6-4-7(6)2-1-3-9-5-7/h6H,1-5,8H2/t6-,7-/m0/s1. The predicted molar refractivity (Wildman–Crippen MR) is 35.1 cm³/mol. The molecule has 1 aliphatic carbocycles. The molecule has 0 unspecified atom stereocenters. The van der Waals surface area contributed by atoms with Crippen molar-refractivity contribution in [3.8, 4) is 0 Å². The quantitative estimate of drug-likeness (QED) is 0.514. The summed E-state index contributed by atoms with van der Waals surface area (Å²) < 4.78 is 5.34. The number of rotatable bonds is 0. The highest BCUT2D eigenvalue weighted by atomic mass is 16.5. The monoisotopic (exact) mass is 127 g/mol. The summed E-state index contributed by atoms with van der Waals surface area (Å²) in [6, 6.07) is 0.456. The van der Waals surface area contributed by atoms with Crippen LogP contribution in [0.1, 0.15) is 19.3 Å². The van der Waals surface area contributed by atoms with Crippen molar-refractivity contribution in [2.45, 2.75) is 25.3 Å². The van der Waals surface area contributed by atoms with E-state index in [0.29, 0.717) is 11.5 Å². The van der Waals surface area contributed by atoms with Gasteiger partial charge in [0.25, 0.3) is 0 Å². The highest BCUT2D eigenvalue weighted by Gasteiger charge is 2.52. The largest absolute Gasteiger partial charge is 0.381 e. The van der Waals surface area contributed by atoms with Gasteiger partial charge in [-0.1, -0.05) is 0 Å². The summed E-state index contributed by atoms with van der Waals surface area (Å²) in [4.78, 5) is 0. The molecule has 2 aliphatic rings. The van der Waals surface area contributed by atoms with Crippen LogP contribution >= 0.6 is 0 Å². The van der Waals surface area contributed by atoms with E-state index in [9.17, 15) is 0 Å². The van der Waals surface area contributed by atoms with Crippen LogP contribution in [-0.4, -0.2) is 19.3 Å². The first kappa shape index (κ1) is 5.69. The van der Waals surface area contributed by atoms with Crippen molar-refractivity contribution in [3.63, 3.8) is 0 Å². The summed E-state index contributed by atoms with van der Waals surface area (Å²) in [7, 11) is 0. The van der Waals surface area contributed by atoms with Gasteiger partial charge in [-0.15, -0.1) is 0 Å². The fourth-order valence-corrected chi connectivity index (χ4v) is 1.71. The molecular weight excluding hydrogens is 114 g/mol. The zero-order chi connectivity index (χ0) is 6.32. The van der Waals surface area contributed by atoms with Crippen LogP contribution in [0.3, 0.4) is 0 Å². The van der Waals surface area contributed by atoms with Gasteiger partial charge in [0, 0.05) is 18.1 Å². The van der Waals surface area contributed by atoms with E-state index < -0.39 is 0 Å². The molecule has 0 aromatic carbocycles. The summed E-state index contributed by atoms with van der Waals surface area (Å²) in [5.74, 6) is 0. The first-order valence-corrected chi connectivity index (χ1v) is 3.67. The Bertz CT molecular complexity index is 118. The Balaban J connectivity index is 1.97. The maximum Gasteiger partial charge on any atom is 0.0537 e. The van der Waals surface area contributed by atoms with Crippen molar-refractivity contribution in [1.82, 2.24) is 0 Å².